The van der Waals surface area contributed by atoms with Crippen LogP contribution < -0.4 is 5.46 Å². The van der Waals surface area contributed by atoms with Gasteiger partial charge in [-0.1, -0.05) is 23.2 Å². The third-order valence-corrected chi connectivity index (χ3v) is 3.09. The van der Waals surface area contributed by atoms with Crippen LogP contribution in [0.4, 0.5) is 0 Å². The van der Waals surface area contributed by atoms with Crippen molar-refractivity contribution in [1.82, 2.24) is 0 Å². The van der Waals surface area contributed by atoms with Crippen LogP contribution in [0.3, 0.4) is 0 Å². The minimum atomic E-state index is -0.904. The van der Waals surface area contributed by atoms with Gasteiger partial charge in [0.25, 0.3) is 0 Å². The highest BCUT2D eigenvalue weighted by Gasteiger charge is 2.31. The molecule has 1 aromatic rings. The lowest BCUT2D eigenvalue weighted by Crippen LogP contribution is -2.29. The molecule has 5 heteroatoms. The Labute approximate surface area is 86.6 Å². The van der Waals surface area contributed by atoms with Gasteiger partial charge in [0.1, 0.15) is 0 Å². The summed E-state index contributed by atoms with van der Waals surface area (Å²) in [4.78, 5) is 0. The summed E-state index contributed by atoms with van der Waals surface area (Å²) in [6, 6.07) is 1.79. The van der Waals surface area contributed by atoms with Crippen molar-refractivity contribution in [1.29, 1.82) is 0 Å². The standard InChI is InChI=1S/C8H7BCl2O2/c1-4-6(10)2-5-3-13-9(12)7(5)8(4)11/h2,12H,3H2,1H3. The van der Waals surface area contributed by atoms with Crippen molar-refractivity contribution in [3.8, 4) is 0 Å². The Kier molecular flexibility index (Phi) is 2.28. The average Bonchev–Trinajstić information content (AvgIpc) is 2.43. The molecule has 0 aromatic heterocycles. The summed E-state index contributed by atoms with van der Waals surface area (Å²) in [7, 11) is -0.904. The van der Waals surface area contributed by atoms with E-state index >= 15 is 0 Å². The molecule has 1 aliphatic rings. The molecule has 13 heavy (non-hydrogen) atoms. The Hall–Kier alpha value is -0.215. The first-order chi connectivity index (χ1) is 6.11. The van der Waals surface area contributed by atoms with Gasteiger partial charge in [-0.15, -0.1) is 0 Å². The van der Waals surface area contributed by atoms with Crippen molar-refractivity contribution in [3.63, 3.8) is 0 Å². The molecule has 0 unspecified atom stereocenters. The fourth-order valence-corrected chi connectivity index (χ4v) is 2.02. The molecular weight excluding hydrogens is 210 g/mol. The minimum Gasteiger partial charge on any atom is -0.423 e. The molecular formula is C8H7BCl2O2. The second-order valence-electron chi connectivity index (χ2n) is 3.03. The molecule has 0 atom stereocenters. The maximum absolute atomic E-state index is 9.43. The fraction of sp³-hybridized carbons (Fsp3) is 0.250. The monoisotopic (exact) mass is 216 g/mol. The topological polar surface area (TPSA) is 29.5 Å². The van der Waals surface area contributed by atoms with Crippen LogP contribution in [0.15, 0.2) is 6.07 Å². The summed E-state index contributed by atoms with van der Waals surface area (Å²) in [5.74, 6) is 0. The second kappa shape index (κ2) is 3.17. The SMILES string of the molecule is Cc1c(Cl)cc2c(c1Cl)B(O)OC2. The van der Waals surface area contributed by atoms with Crippen LogP contribution in [0.5, 0.6) is 0 Å². The number of fused-ring (bicyclic) bond motifs is 1. The molecule has 68 valence electrons. The minimum absolute atomic E-state index is 0.371. The van der Waals surface area contributed by atoms with Crippen LogP contribution in [-0.4, -0.2) is 12.1 Å². The summed E-state index contributed by atoms with van der Waals surface area (Å²) < 4.78 is 5.03. The Bertz CT molecular complexity index is 368. The lowest BCUT2D eigenvalue weighted by atomic mass is 9.78. The normalized spacial score (nSPS) is 14.9. The summed E-state index contributed by atoms with van der Waals surface area (Å²) in [6.07, 6.45) is 0. The van der Waals surface area contributed by atoms with Gasteiger partial charge in [0.15, 0.2) is 0 Å². The lowest BCUT2D eigenvalue weighted by molar-refractivity contribution is 0.275. The molecule has 0 aliphatic carbocycles. The largest absolute Gasteiger partial charge is 0.493 e. The van der Waals surface area contributed by atoms with Crippen molar-refractivity contribution < 1.29 is 9.68 Å². The van der Waals surface area contributed by atoms with E-state index < -0.39 is 7.12 Å². The van der Waals surface area contributed by atoms with E-state index in [1.807, 2.05) is 6.92 Å². The van der Waals surface area contributed by atoms with Gasteiger partial charge in [0.2, 0.25) is 0 Å². The van der Waals surface area contributed by atoms with Crippen molar-refractivity contribution >= 4 is 35.8 Å². The Morgan fingerprint density at radius 2 is 2.23 bits per heavy atom. The van der Waals surface area contributed by atoms with Crippen LogP contribution in [-0.2, 0) is 11.3 Å². The predicted molar refractivity (Wildman–Crippen MR) is 53.6 cm³/mol. The van der Waals surface area contributed by atoms with Crippen molar-refractivity contribution in [3.05, 3.63) is 27.2 Å². The number of rotatable bonds is 0. The van der Waals surface area contributed by atoms with E-state index in [0.29, 0.717) is 22.1 Å². The fourth-order valence-electron chi connectivity index (χ4n) is 1.43. The van der Waals surface area contributed by atoms with Crippen LogP contribution in [0.1, 0.15) is 11.1 Å². The highest BCUT2D eigenvalue weighted by molar-refractivity contribution is 6.65. The summed E-state index contributed by atoms with van der Waals surface area (Å²) >= 11 is 11.9. The van der Waals surface area contributed by atoms with E-state index in [4.69, 9.17) is 27.9 Å². The van der Waals surface area contributed by atoms with Crippen molar-refractivity contribution in [2.24, 2.45) is 0 Å². The van der Waals surface area contributed by atoms with Gasteiger partial charge in [0, 0.05) is 15.5 Å². The molecule has 0 saturated heterocycles. The first kappa shape index (κ1) is 9.34. The zero-order chi connectivity index (χ0) is 9.59. The van der Waals surface area contributed by atoms with Gasteiger partial charge < -0.3 is 9.68 Å². The maximum Gasteiger partial charge on any atom is 0.493 e. The molecule has 2 rings (SSSR count). The van der Waals surface area contributed by atoms with E-state index in [1.165, 1.54) is 0 Å². The average molecular weight is 217 g/mol. The van der Waals surface area contributed by atoms with Gasteiger partial charge in [-0.05, 0) is 24.1 Å². The van der Waals surface area contributed by atoms with Gasteiger partial charge in [0.05, 0.1) is 6.61 Å². The van der Waals surface area contributed by atoms with Crippen LogP contribution in [0, 0.1) is 6.92 Å². The Balaban J connectivity index is 2.68. The Morgan fingerprint density at radius 1 is 1.54 bits per heavy atom. The summed E-state index contributed by atoms with van der Waals surface area (Å²) in [6.45, 7) is 2.19. The van der Waals surface area contributed by atoms with E-state index in [9.17, 15) is 5.02 Å². The molecule has 0 bridgehead atoms. The summed E-state index contributed by atoms with van der Waals surface area (Å²) in [5, 5.41) is 10.5. The first-order valence-electron chi connectivity index (χ1n) is 3.88. The molecule has 2 nitrogen and oxygen atoms in total. The molecule has 1 aliphatic heterocycles. The summed E-state index contributed by atoms with van der Waals surface area (Å²) in [5.41, 5.74) is 2.31. The zero-order valence-corrected chi connectivity index (χ0v) is 8.49. The van der Waals surface area contributed by atoms with Crippen LogP contribution >= 0.6 is 23.2 Å². The van der Waals surface area contributed by atoms with Crippen LogP contribution in [0.25, 0.3) is 0 Å². The number of benzene rings is 1. The maximum atomic E-state index is 9.43. The van der Waals surface area contributed by atoms with E-state index in [-0.39, 0.29) is 0 Å². The van der Waals surface area contributed by atoms with Crippen LogP contribution in [0.2, 0.25) is 10.0 Å². The highest BCUT2D eigenvalue weighted by Crippen LogP contribution is 2.27. The lowest BCUT2D eigenvalue weighted by Gasteiger charge is -2.06. The molecule has 0 fully saturated rings. The third-order valence-electron chi connectivity index (χ3n) is 2.21. The van der Waals surface area contributed by atoms with Crippen molar-refractivity contribution in [2.75, 3.05) is 0 Å². The zero-order valence-electron chi connectivity index (χ0n) is 6.97. The number of hydrogen-bond donors (Lipinski definition) is 1. The van der Waals surface area contributed by atoms with E-state index in [1.54, 1.807) is 6.07 Å². The molecule has 0 saturated carbocycles. The number of hydrogen-bond acceptors (Lipinski definition) is 2. The smallest absolute Gasteiger partial charge is 0.423 e. The molecule has 0 radical (unpaired) electrons. The van der Waals surface area contributed by atoms with E-state index in [2.05, 4.69) is 0 Å². The van der Waals surface area contributed by atoms with Gasteiger partial charge >= 0.3 is 7.12 Å². The first-order valence-corrected chi connectivity index (χ1v) is 4.64. The predicted octanol–water partition coefficient (Wildman–Crippen LogP) is 1.52. The number of halogens is 2. The van der Waals surface area contributed by atoms with Gasteiger partial charge in [-0.25, -0.2) is 0 Å². The highest BCUT2D eigenvalue weighted by atomic mass is 35.5. The molecule has 1 aromatic carbocycles. The Morgan fingerprint density at radius 3 is 2.92 bits per heavy atom. The van der Waals surface area contributed by atoms with E-state index in [0.717, 1.165) is 11.1 Å². The molecule has 1 N–H and O–H groups in total. The van der Waals surface area contributed by atoms with Gasteiger partial charge in [-0.3, -0.25) is 0 Å². The quantitative estimate of drug-likeness (QED) is 0.667. The van der Waals surface area contributed by atoms with Gasteiger partial charge in [-0.2, -0.15) is 0 Å². The molecule has 0 spiro atoms. The molecule has 0 amide bonds. The third kappa shape index (κ3) is 1.36. The molecule has 1 heterocycles. The van der Waals surface area contributed by atoms with Crippen molar-refractivity contribution in [2.45, 2.75) is 13.5 Å². The second-order valence-corrected chi connectivity index (χ2v) is 3.82.